The maximum atomic E-state index is 15.9. The van der Waals surface area contributed by atoms with Gasteiger partial charge in [0.15, 0.2) is 20.2 Å². The number of halogens is 34. The van der Waals surface area contributed by atoms with Gasteiger partial charge < -0.3 is 4.43 Å². The molecule has 0 aromatic heterocycles. The minimum Gasteiger partial charge on any atom is -0.408 e. The second-order valence-electron chi connectivity index (χ2n) is 15.1. The number of hydrogen-bond acceptors (Lipinski definition) is 1. The van der Waals surface area contributed by atoms with Crippen LogP contribution in [-0.4, -0.2) is 142 Å². The zero-order valence-corrected chi connectivity index (χ0v) is 32.8. The van der Waals surface area contributed by atoms with Crippen molar-refractivity contribution in [3.8, 4) is 0 Å². The van der Waals surface area contributed by atoms with Crippen LogP contribution < -0.4 is 0 Å². The highest BCUT2D eigenvalue weighted by atomic mass is 29.3. The van der Waals surface area contributed by atoms with E-state index in [0.717, 1.165) is 13.1 Å². The molecule has 1 rings (SSSR count). The van der Waals surface area contributed by atoms with Gasteiger partial charge in [0.2, 0.25) is 24.7 Å². The Kier molecular flexibility index (Phi) is 15.6. The summed E-state index contributed by atoms with van der Waals surface area (Å²) in [5.74, 6) is -107. The van der Waals surface area contributed by atoms with Gasteiger partial charge in [-0.1, -0.05) is 19.1 Å². The second kappa shape index (κ2) is 16.6. The maximum absolute atomic E-state index is 15.9. The van der Waals surface area contributed by atoms with Crippen molar-refractivity contribution in [3.63, 3.8) is 0 Å². The first-order valence-corrected chi connectivity index (χ1v) is 23.3. The predicted molar refractivity (Wildman–Crippen MR) is 149 cm³/mol. The van der Waals surface area contributed by atoms with Crippen molar-refractivity contribution in [1.29, 1.82) is 0 Å². The third-order valence-corrected chi connectivity index (χ3v) is 27.0. The Morgan fingerprint density at radius 1 is 0.359 bits per heavy atom. The van der Waals surface area contributed by atoms with Crippen molar-refractivity contribution in [3.05, 3.63) is 0 Å². The van der Waals surface area contributed by atoms with E-state index in [1.807, 2.05) is 0 Å². The minimum absolute atomic E-state index is 0.283. The summed E-state index contributed by atoms with van der Waals surface area (Å²) in [6, 6.07) is -1.66. The lowest BCUT2D eigenvalue weighted by Gasteiger charge is -2.56. The van der Waals surface area contributed by atoms with Gasteiger partial charge in [-0.15, -0.1) is 0 Å². The average molecular weight is 1070 g/mol. The fraction of sp³-hybridized carbons (Fsp3) is 1.00. The average Bonchev–Trinajstić information content (AvgIpc) is 3.12. The van der Waals surface area contributed by atoms with Crippen LogP contribution >= 0.6 is 0 Å². The zero-order valence-electron chi connectivity index (χ0n) is 30.8. The summed E-state index contributed by atoms with van der Waals surface area (Å²) in [6.07, 6.45) is -50.4. The molecule has 6 atom stereocenters. The summed E-state index contributed by atoms with van der Waals surface area (Å²) in [7, 11) is -8.99. The van der Waals surface area contributed by atoms with Gasteiger partial charge in [-0.25, -0.2) is 43.9 Å². The Bertz CT molecular complexity index is 1530. The molecule has 0 aromatic rings. The quantitative estimate of drug-likeness (QED) is 0.0872. The van der Waals surface area contributed by atoms with Gasteiger partial charge in [0.05, 0.1) is 7.59 Å². The number of rotatable bonds is 20. The zero-order chi connectivity index (χ0) is 52.2. The summed E-state index contributed by atoms with van der Waals surface area (Å²) >= 11 is 0. The van der Waals surface area contributed by atoms with Crippen molar-refractivity contribution >= 4 is 15.4 Å². The maximum Gasteiger partial charge on any atom is 0.384 e. The van der Waals surface area contributed by atoms with Crippen molar-refractivity contribution < 1.29 is 154 Å². The summed E-state index contributed by atoms with van der Waals surface area (Å²) in [6.45, 7) is 2.15. The van der Waals surface area contributed by atoms with Gasteiger partial charge in [0.25, 0.3) is 12.9 Å². The van der Waals surface area contributed by atoms with Crippen LogP contribution in [0.4, 0.5) is 149 Å². The normalized spacial score (nSPS) is 23.8. The molecule has 0 N–H and O–H groups in total. The Labute approximate surface area is 335 Å². The molecule has 6 unspecified atom stereocenters. The molecular weight excluding hydrogens is 1040 g/mol. The SMILES string of the molecule is C[Si]1(C)CCC(C(F)C(F)(F)C(F)(F)C(F)(F)C(F)(F)C(F)(F)C(F)(F)C(F)C(F)C(F)F)(C(F)C(F)(F)C(F)(F)C(F)(F)C(F)(F)C(F)(F)C(F)(F)C(F)C(F)C(F)F)O[Si]1(C)C. The van der Waals surface area contributed by atoms with E-state index < -0.39 is 154 Å². The van der Waals surface area contributed by atoms with E-state index in [4.69, 9.17) is 0 Å². The third kappa shape index (κ3) is 7.96. The van der Waals surface area contributed by atoms with Crippen LogP contribution in [0.1, 0.15) is 6.42 Å². The van der Waals surface area contributed by atoms with E-state index in [0.29, 0.717) is 0 Å². The Morgan fingerprint density at radius 3 is 0.781 bits per heavy atom. The molecular formula is C27H24F34OSi2. The lowest BCUT2D eigenvalue weighted by atomic mass is 9.77. The van der Waals surface area contributed by atoms with Gasteiger partial charge in [-0.2, -0.15) is 105 Å². The lowest BCUT2D eigenvalue weighted by molar-refractivity contribution is -0.444. The molecule has 1 fully saturated rings. The van der Waals surface area contributed by atoms with E-state index >= 15 is 26.3 Å². The fourth-order valence-electron chi connectivity index (χ4n) is 5.52. The van der Waals surface area contributed by atoms with E-state index in [2.05, 4.69) is 4.43 Å². The lowest BCUT2D eigenvalue weighted by Crippen LogP contribution is -2.80. The summed E-state index contributed by atoms with van der Waals surface area (Å²) in [5, 5.41) is 0. The molecule has 1 saturated heterocycles. The van der Waals surface area contributed by atoms with Crippen LogP contribution in [-0.2, 0) is 4.43 Å². The highest BCUT2D eigenvalue weighted by molar-refractivity contribution is 7.38. The molecule has 1 nitrogen and oxygen atoms in total. The standard InChI is InChI=1S/C27H24F34OSi2/c1-63(2)6-5-15(62-64(63,3)4,13(36)18(42,43)22(50,51)26(58,59)24(54,55)20(46,47)16(38,39)9(30)7(28)11(32)33)14(37)19(44,45)23(52,53)27(60,61)25(56,57)21(48,49)17(40,41)10(31)8(29)12(34)35/h7-14H,5-6H2,1-4H3. The molecule has 0 saturated carbocycles. The van der Waals surface area contributed by atoms with Gasteiger partial charge in [0.1, 0.15) is 5.60 Å². The molecule has 0 aromatic carbocycles. The highest BCUT2D eigenvalue weighted by Gasteiger charge is 2.95. The van der Waals surface area contributed by atoms with Crippen molar-refractivity contribution in [1.82, 2.24) is 0 Å². The van der Waals surface area contributed by atoms with Crippen molar-refractivity contribution in [2.75, 3.05) is 0 Å². The molecule has 64 heavy (non-hydrogen) atoms. The number of alkyl halides is 34. The van der Waals surface area contributed by atoms with Gasteiger partial charge in [0, 0.05) is 0 Å². The molecule has 0 amide bonds. The van der Waals surface area contributed by atoms with Crippen LogP contribution in [0.2, 0.25) is 32.2 Å². The highest BCUT2D eigenvalue weighted by Crippen LogP contribution is 2.66. The third-order valence-electron chi connectivity index (χ3n) is 10.5. The Morgan fingerprint density at radius 2 is 0.578 bits per heavy atom. The smallest absolute Gasteiger partial charge is 0.384 e. The molecule has 1 aliphatic heterocycles. The Balaban J connectivity index is 4.28. The molecule has 37 heteroatoms. The van der Waals surface area contributed by atoms with E-state index in [1.165, 1.54) is 0 Å². The van der Waals surface area contributed by atoms with Crippen LogP contribution in [0.25, 0.3) is 0 Å². The van der Waals surface area contributed by atoms with Gasteiger partial charge >= 0.3 is 71.1 Å². The molecule has 0 radical (unpaired) electrons. The Hall–Kier alpha value is -1.99. The van der Waals surface area contributed by atoms with Gasteiger partial charge in [-0.05, 0) is 19.5 Å². The summed E-state index contributed by atoms with van der Waals surface area (Å²) in [5.41, 5.74) is -6.26. The molecule has 0 aliphatic carbocycles. The van der Waals surface area contributed by atoms with Crippen molar-refractivity contribution in [2.24, 2.45) is 0 Å². The first-order chi connectivity index (χ1) is 27.5. The topological polar surface area (TPSA) is 9.23 Å². The molecule has 384 valence electrons. The van der Waals surface area contributed by atoms with Crippen LogP contribution in [0.3, 0.4) is 0 Å². The largest absolute Gasteiger partial charge is 0.408 e. The van der Waals surface area contributed by atoms with E-state index in [1.54, 1.807) is 0 Å². The predicted octanol–water partition coefficient (Wildman–Crippen LogP) is 13.3. The van der Waals surface area contributed by atoms with Crippen LogP contribution in [0.15, 0.2) is 0 Å². The first-order valence-electron chi connectivity index (χ1n) is 16.1. The van der Waals surface area contributed by atoms with Crippen molar-refractivity contribution in [2.45, 2.75) is 165 Å². The minimum atomic E-state index is -9.32. The van der Waals surface area contributed by atoms with E-state index in [9.17, 15) is 123 Å². The molecule has 0 spiro atoms. The fourth-order valence-corrected chi connectivity index (χ4v) is 12.3. The number of hydrogen-bond donors (Lipinski definition) is 0. The molecule has 0 bridgehead atoms. The second-order valence-corrected chi connectivity index (χ2v) is 30.3. The van der Waals surface area contributed by atoms with Gasteiger partial charge in [-0.3, -0.25) is 0 Å². The summed E-state index contributed by atoms with van der Waals surface area (Å²) in [4.78, 5) is 0. The first kappa shape index (κ1) is 60.0. The monoisotopic (exact) mass is 1070 g/mol. The van der Waals surface area contributed by atoms with Crippen LogP contribution in [0.5, 0.6) is 0 Å². The van der Waals surface area contributed by atoms with E-state index in [-0.39, 0.29) is 13.1 Å². The molecule has 1 heterocycles. The van der Waals surface area contributed by atoms with Crippen LogP contribution in [0, 0.1) is 0 Å². The molecule has 1 aliphatic rings. The summed E-state index contributed by atoms with van der Waals surface area (Å²) < 4.78 is 487.